The van der Waals surface area contributed by atoms with E-state index in [0.717, 1.165) is 38.3 Å². The van der Waals surface area contributed by atoms with E-state index in [9.17, 15) is 43.9 Å². The van der Waals surface area contributed by atoms with E-state index < -0.39 is 95.7 Å². The summed E-state index contributed by atoms with van der Waals surface area (Å²) in [5.41, 5.74) is 16.6. The summed E-state index contributed by atoms with van der Waals surface area (Å²) in [4.78, 5) is 85.2. The van der Waals surface area contributed by atoms with Crippen LogP contribution in [0.1, 0.15) is 122 Å². The average molecular weight is 1150 g/mol. The number of nitrogens with one attached hydrogen (secondary N) is 1. The third-order valence-corrected chi connectivity index (χ3v) is 16.0. The molecule has 0 saturated carbocycles. The number of imidazole rings is 3. The maximum absolute atomic E-state index is 14.1. The van der Waals surface area contributed by atoms with Crippen LogP contribution in [0, 0.1) is 0 Å². The first kappa shape index (κ1) is 58.2. The smallest absolute Gasteiger partial charge is 0.472 e. The predicted octanol–water partition coefficient (Wildman–Crippen LogP) is 1.91. The van der Waals surface area contributed by atoms with Crippen molar-refractivity contribution in [2.75, 3.05) is 30.4 Å². The molecule has 6 aromatic rings. The number of amides is 1. The van der Waals surface area contributed by atoms with Gasteiger partial charge in [0, 0.05) is 25.8 Å². The highest BCUT2D eigenvalue weighted by molar-refractivity contribution is 7.47. The molecule has 0 aromatic carbocycles. The van der Waals surface area contributed by atoms with Crippen molar-refractivity contribution >= 4 is 72.5 Å². The summed E-state index contributed by atoms with van der Waals surface area (Å²) < 4.78 is 66.4. The van der Waals surface area contributed by atoms with E-state index >= 15 is 0 Å². The third-order valence-electron chi connectivity index (χ3n) is 14.5. The number of nitrogen functional groups attached to an aromatic ring is 3. The number of fused-ring (bicyclic) bond motifs is 3. The van der Waals surface area contributed by atoms with Crippen molar-refractivity contribution in [3.8, 4) is 0 Å². The number of unbranched alkanes of at least 4 members (excludes halogenated alkanes) is 12. The van der Waals surface area contributed by atoms with Crippen LogP contribution in [0.5, 0.6) is 0 Å². The molecule has 3 fully saturated rings. The molecule has 0 bridgehead atoms. The molecule has 33 heteroatoms. The van der Waals surface area contributed by atoms with E-state index in [2.05, 4.69) is 57.1 Å². The second-order valence-electron chi connectivity index (χ2n) is 20.0. The van der Waals surface area contributed by atoms with Crippen molar-refractivity contribution in [1.82, 2.24) is 63.9 Å². The van der Waals surface area contributed by atoms with Gasteiger partial charge in [-0.25, -0.2) is 49.4 Å². The Morgan fingerprint density at radius 2 is 1.23 bits per heavy atom. The van der Waals surface area contributed by atoms with Gasteiger partial charge in [0.1, 0.15) is 78.3 Å². The number of aromatic nitrogens is 12. The Balaban J connectivity index is 0.925. The zero-order chi connectivity index (χ0) is 56.1. The lowest BCUT2D eigenvalue weighted by molar-refractivity contribution is -0.239. The monoisotopic (exact) mass is 1150 g/mol. The van der Waals surface area contributed by atoms with Gasteiger partial charge in [-0.1, -0.05) is 84.0 Å². The van der Waals surface area contributed by atoms with Gasteiger partial charge < -0.3 is 71.3 Å². The van der Waals surface area contributed by atoms with Crippen LogP contribution in [-0.2, 0) is 47.4 Å². The standard InChI is InChI=1S/C46H68N16O15P2/c1-2-3-4-5-6-7-8-9-10-11-12-13-14-15-30(63)50-18-28-35(65)37(77-78(67,68)69)46(75-28,62-25-59-33-40(49)53-22-56-43(33)62)17-26-16-27(44(73-26)60-23-57-31-38(47)51-20-54-41(31)60)76-79(70,71)72-19-29-34(64)36(66)45(74-29)61-24-58-32-39(48)52-21-55-42(32)61/h20-29,34-37,44-45,64-66H,2-19H2,1H3,(H,50,63)(H,70,71)(H2,47,51,54)(H2,48,52,55)(H2,49,53,56)(H2,67,68,69)/p-1. The molecular formula is C46H67N16O15P2-. The predicted molar refractivity (Wildman–Crippen MR) is 276 cm³/mol. The molecule has 9 rings (SSSR count). The summed E-state index contributed by atoms with van der Waals surface area (Å²) in [5.74, 6) is -0.407. The molecule has 12 N–H and O–H groups in total. The average Bonchev–Trinajstić information content (AvgIpc) is 3.73. The van der Waals surface area contributed by atoms with Crippen LogP contribution in [0.2, 0.25) is 0 Å². The molecule has 9 heterocycles. The summed E-state index contributed by atoms with van der Waals surface area (Å²) in [6.45, 7) is 1.06. The first-order valence-corrected chi connectivity index (χ1v) is 29.3. The van der Waals surface area contributed by atoms with E-state index in [1.54, 1.807) is 0 Å². The lowest BCUT2D eigenvalue weighted by atomic mass is 9.94. The Bertz CT molecular complexity index is 3130. The van der Waals surface area contributed by atoms with Crippen LogP contribution in [0.4, 0.5) is 17.5 Å². The molecule has 3 saturated heterocycles. The number of nitrogens with zero attached hydrogens (tertiary/aromatic N) is 12. The van der Waals surface area contributed by atoms with Crippen LogP contribution < -0.4 is 27.4 Å². The van der Waals surface area contributed by atoms with Gasteiger partial charge in [-0.3, -0.25) is 32.1 Å². The van der Waals surface area contributed by atoms with Crippen molar-refractivity contribution in [3.63, 3.8) is 0 Å². The van der Waals surface area contributed by atoms with Gasteiger partial charge in [0.2, 0.25) is 5.91 Å². The Kier molecular flexibility index (Phi) is 18.5. The molecule has 31 nitrogen and oxygen atoms in total. The minimum atomic E-state index is -5.75. The van der Waals surface area contributed by atoms with E-state index in [1.165, 1.54) is 90.4 Å². The second kappa shape index (κ2) is 25.1. The number of anilines is 3. The van der Waals surface area contributed by atoms with Gasteiger partial charge in [0.25, 0.3) is 7.82 Å². The van der Waals surface area contributed by atoms with E-state index in [-0.39, 0.29) is 76.2 Å². The third kappa shape index (κ3) is 13.2. The molecule has 13 unspecified atom stereocenters. The van der Waals surface area contributed by atoms with Crippen LogP contribution in [0.15, 0.2) is 38.0 Å². The zero-order valence-corrected chi connectivity index (χ0v) is 45.1. The second-order valence-corrected chi connectivity index (χ2v) is 22.6. The first-order chi connectivity index (χ1) is 37.9. The Hall–Kier alpha value is -5.50. The van der Waals surface area contributed by atoms with Gasteiger partial charge in [-0.2, -0.15) is 0 Å². The maximum atomic E-state index is 14.1. The number of hydrogen-bond donors (Lipinski definition) is 9. The quantitative estimate of drug-likeness (QED) is 0.0250. The number of carbonyl (C=O) groups is 1. The van der Waals surface area contributed by atoms with Crippen molar-refractivity contribution in [2.24, 2.45) is 0 Å². The zero-order valence-electron chi connectivity index (χ0n) is 43.3. The van der Waals surface area contributed by atoms with E-state index in [4.69, 9.17) is 45.0 Å². The Morgan fingerprint density at radius 1 is 0.696 bits per heavy atom. The first-order valence-electron chi connectivity index (χ1n) is 26.4. The Labute approximate surface area is 451 Å². The number of aliphatic hydroxyl groups excluding tert-OH is 3. The summed E-state index contributed by atoms with van der Waals surface area (Å²) >= 11 is 0. The molecule has 0 aliphatic carbocycles. The normalized spacial score (nSPS) is 27.8. The molecule has 3 aliphatic rings. The number of nitrogens with two attached hydrogens (primary N) is 3. The fraction of sp³-hybridized carbons (Fsp3) is 0.652. The molecule has 79 heavy (non-hydrogen) atoms. The van der Waals surface area contributed by atoms with Crippen molar-refractivity contribution in [3.05, 3.63) is 38.0 Å². The number of phosphoric acid groups is 2. The van der Waals surface area contributed by atoms with Crippen molar-refractivity contribution in [1.29, 1.82) is 0 Å². The van der Waals surface area contributed by atoms with E-state index in [0.29, 0.717) is 6.42 Å². The minimum absolute atomic E-state index is 0.0174. The van der Waals surface area contributed by atoms with Crippen LogP contribution in [0.3, 0.4) is 0 Å². The number of hydrogen-bond acceptors (Lipinski definition) is 25. The highest BCUT2D eigenvalue weighted by atomic mass is 31.2. The van der Waals surface area contributed by atoms with Crippen molar-refractivity contribution in [2.45, 2.75) is 177 Å². The molecule has 0 radical (unpaired) electrons. The number of ether oxygens (including phenoxy) is 3. The highest BCUT2D eigenvalue weighted by Crippen LogP contribution is 2.54. The van der Waals surface area contributed by atoms with Gasteiger partial charge >= 0.3 is 7.82 Å². The maximum Gasteiger partial charge on any atom is 0.472 e. The fourth-order valence-electron chi connectivity index (χ4n) is 10.6. The molecule has 0 spiro atoms. The lowest BCUT2D eigenvalue weighted by Gasteiger charge is -2.39. The number of aliphatic hydroxyl groups is 3. The topological polar surface area (TPSA) is 452 Å². The van der Waals surface area contributed by atoms with Gasteiger partial charge in [-0.05, 0) is 6.42 Å². The number of carbonyl (C=O) groups excluding carboxylic acids is 1. The molecular weight excluding hydrogens is 1080 g/mol. The summed E-state index contributed by atoms with van der Waals surface area (Å²) in [6.07, 6.45) is 5.70. The lowest BCUT2D eigenvalue weighted by Crippen LogP contribution is -2.49. The van der Waals surface area contributed by atoms with Crippen LogP contribution >= 0.6 is 15.6 Å². The molecule has 6 aromatic heterocycles. The summed E-state index contributed by atoms with van der Waals surface area (Å²) in [6, 6.07) is 0. The fourth-order valence-corrected chi connectivity index (χ4v) is 12.1. The summed E-state index contributed by atoms with van der Waals surface area (Å²) in [5, 5.41) is 36.8. The van der Waals surface area contributed by atoms with Gasteiger partial charge in [0.15, 0.2) is 52.6 Å². The Morgan fingerprint density at radius 3 is 1.81 bits per heavy atom. The SMILES string of the molecule is CCCCCCCCCCCCCCCC(=O)NCC1OC(CC2CC(OP(=O)(O)OCC3OC(n4cnc5c(N)ncnc54)C(O)C3O)C(n3cnc4c(N)ncnc43)O2)(n2cnc3c(N)ncnc32)C(OP(=O)([O-])O)C1O. The largest absolute Gasteiger partial charge is 0.756 e. The molecule has 1 amide bonds. The highest BCUT2D eigenvalue weighted by Gasteiger charge is 2.61. The summed E-state index contributed by atoms with van der Waals surface area (Å²) in [7, 11) is -11.0. The van der Waals surface area contributed by atoms with Gasteiger partial charge in [0.05, 0.1) is 31.7 Å². The molecule has 432 valence electrons. The van der Waals surface area contributed by atoms with Crippen LogP contribution in [0.25, 0.3) is 33.5 Å². The molecule has 13 atom stereocenters. The van der Waals surface area contributed by atoms with Crippen LogP contribution in [-0.4, -0.2) is 152 Å². The van der Waals surface area contributed by atoms with Gasteiger partial charge in [-0.15, -0.1) is 0 Å². The number of rotatable bonds is 28. The van der Waals surface area contributed by atoms with E-state index in [1.807, 2.05) is 0 Å². The number of phosphoric ester groups is 2. The van der Waals surface area contributed by atoms with Crippen molar-refractivity contribution < 1.29 is 71.7 Å². The molecule has 3 aliphatic heterocycles. The minimum Gasteiger partial charge on any atom is -0.756 e.